The van der Waals surface area contributed by atoms with Gasteiger partial charge >= 0.3 is 5.69 Å². The summed E-state index contributed by atoms with van der Waals surface area (Å²) >= 11 is 0. The molecule has 0 bridgehead atoms. The zero-order valence-electron chi connectivity index (χ0n) is 10.9. The number of amides is 1. The van der Waals surface area contributed by atoms with Gasteiger partial charge in [0.05, 0.1) is 4.92 Å². The Bertz CT molecular complexity index is 486. The Morgan fingerprint density at radius 3 is 3.00 bits per heavy atom. The Kier molecular flexibility index (Phi) is 3.79. The molecule has 2 heterocycles. The van der Waals surface area contributed by atoms with Gasteiger partial charge in [0.25, 0.3) is 0 Å². The summed E-state index contributed by atoms with van der Waals surface area (Å²) in [6.07, 6.45) is 2.42. The first kappa shape index (κ1) is 13.5. The van der Waals surface area contributed by atoms with E-state index in [-0.39, 0.29) is 30.2 Å². The van der Waals surface area contributed by atoms with Crippen LogP contribution in [0.3, 0.4) is 0 Å². The summed E-state index contributed by atoms with van der Waals surface area (Å²) in [5.41, 5.74) is -0.102. The van der Waals surface area contributed by atoms with Crippen molar-refractivity contribution in [3.63, 3.8) is 0 Å². The molecule has 1 aliphatic heterocycles. The Morgan fingerprint density at radius 1 is 1.63 bits per heavy atom. The first-order chi connectivity index (χ1) is 8.99. The molecular weight excluding hydrogens is 250 g/mol. The largest absolute Gasteiger partial charge is 0.336 e. The van der Waals surface area contributed by atoms with Gasteiger partial charge in [0, 0.05) is 25.2 Å². The summed E-state index contributed by atoms with van der Waals surface area (Å²) in [6, 6.07) is 0.344. The second kappa shape index (κ2) is 5.35. The van der Waals surface area contributed by atoms with E-state index in [2.05, 4.69) is 10.4 Å². The molecule has 0 spiro atoms. The third-order valence-corrected chi connectivity index (χ3v) is 3.48. The second-order valence-corrected chi connectivity index (χ2v) is 4.72. The Labute approximate surface area is 110 Å². The van der Waals surface area contributed by atoms with E-state index < -0.39 is 4.92 Å². The average Bonchev–Trinajstić information content (AvgIpc) is 2.81. The molecule has 8 nitrogen and oxygen atoms in total. The third-order valence-electron chi connectivity index (χ3n) is 3.48. The van der Waals surface area contributed by atoms with Crippen LogP contribution in [0.15, 0.2) is 12.4 Å². The quantitative estimate of drug-likeness (QED) is 0.614. The van der Waals surface area contributed by atoms with E-state index in [1.807, 2.05) is 13.8 Å². The molecule has 1 aromatic heterocycles. The van der Waals surface area contributed by atoms with Gasteiger partial charge in [-0.1, -0.05) is 0 Å². The van der Waals surface area contributed by atoms with Gasteiger partial charge in [-0.3, -0.25) is 19.6 Å². The van der Waals surface area contributed by atoms with Crippen molar-refractivity contribution in [3.05, 3.63) is 22.5 Å². The number of hydrogen-bond acceptors (Lipinski definition) is 5. The van der Waals surface area contributed by atoms with Crippen molar-refractivity contribution in [3.8, 4) is 0 Å². The van der Waals surface area contributed by atoms with E-state index in [0.29, 0.717) is 6.54 Å². The highest BCUT2D eigenvalue weighted by Crippen LogP contribution is 2.11. The van der Waals surface area contributed by atoms with Crippen LogP contribution in [0.5, 0.6) is 0 Å². The Hall–Kier alpha value is -1.96. The average molecular weight is 267 g/mol. The molecule has 0 aromatic carbocycles. The number of rotatable bonds is 3. The van der Waals surface area contributed by atoms with Gasteiger partial charge in [-0.2, -0.15) is 5.10 Å². The molecule has 0 radical (unpaired) electrons. The van der Waals surface area contributed by atoms with Crippen molar-refractivity contribution in [2.45, 2.75) is 32.5 Å². The van der Waals surface area contributed by atoms with Gasteiger partial charge in [0.15, 0.2) is 0 Å². The van der Waals surface area contributed by atoms with Gasteiger partial charge in [-0.25, -0.2) is 0 Å². The molecule has 0 aliphatic carbocycles. The highest BCUT2D eigenvalue weighted by Gasteiger charge is 2.28. The van der Waals surface area contributed by atoms with Crippen LogP contribution in [0.1, 0.15) is 13.8 Å². The van der Waals surface area contributed by atoms with E-state index >= 15 is 0 Å². The molecule has 1 saturated heterocycles. The molecule has 0 saturated carbocycles. The van der Waals surface area contributed by atoms with Crippen LogP contribution in [0.4, 0.5) is 5.69 Å². The number of carbonyl (C=O) groups excluding carboxylic acids is 1. The molecule has 8 heteroatoms. The fraction of sp³-hybridized carbons (Fsp3) is 0.636. The number of nitro groups is 1. The number of nitrogens with zero attached hydrogens (tertiary/aromatic N) is 4. The third kappa shape index (κ3) is 2.90. The van der Waals surface area contributed by atoms with Crippen LogP contribution in [0.25, 0.3) is 0 Å². The number of piperazine rings is 1. The fourth-order valence-electron chi connectivity index (χ4n) is 2.17. The van der Waals surface area contributed by atoms with E-state index in [9.17, 15) is 14.9 Å². The molecule has 1 N–H and O–H groups in total. The predicted octanol–water partition coefficient (Wildman–Crippen LogP) is 0.0001000. The van der Waals surface area contributed by atoms with Gasteiger partial charge < -0.3 is 10.2 Å². The van der Waals surface area contributed by atoms with Crippen molar-refractivity contribution >= 4 is 11.6 Å². The van der Waals surface area contributed by atoms with Crippen molar-refractivity contribution in [1.82, 2.24) is 20.0 Å². The lowest BCUT2D eigenvalue weighted by Gasteiger charge is -2.38. The minimum atomic E-state index is -0.524. The maximum Gasteiger partial charge on any atom is 0.307 e. The maximum absolute atomic E-state index is 12.2. The number of hydrogen-bond donors (Lipinski definition) is 1. The predicted molar refractivity (Wildman–Crippen MR) is 67.5 cm³/mol. The van der Waals surface area contributed by atoms with Crippen molar-refractivity contribution < 1.29 is 9.72 Å². The fourth-order valence-corrected chi connectivity index (χ4v) is 2.17. The molecule has 1 aliphatic rings. The molecule has 19 heavy (non-hydrogen) atoms. The summed E-state index contributed by atoms with van der Waals surface area (Å²) in [4.78, 5) is 24.0. The number of nitrogens with one attached hydrogen (secondary N) is 1. The van der Waals surface area contributed by atoms with E-state index in [1.54, 1.807) is 4.90 Å². The van der Waals surface area contributed by atoms with Crippen molar-refractivity contribution in [2.75, 3.05) is 13.1 Å². The molecule has 1 amide bonds. The van der Waals surface area contributed by atoms with Crippen molar-refractivity contribution in [1.29, 1.82) is 0 Å². The second-order valence-electron chi connectivity index (χ2n) is 4.72. The monoisotopic (exact) mass is 267 g/mol. The smallest absolute Gasteiger partial charge is 0.307 e. The highest BCUT2D eigenvalue weighted by molar-refractivity contribution is 5.76. The van der Waals surface area contributed by atoms with E-state index in [1.165, 1.54) is 10.9 Å². The van der Waals surface area contributed by atoms with Gasteiger partial charge in [0.1, 0.15) is 18.9 Å². The molecule has 104 valence electrons. The van der Waals surface area contributed by atoms with Gasteiger partial charge in [0.2, 0.25) is 5.91 Å². The Balaban J connectivity index is 2.01. The van der Waals surface area contributed by atoms with Gasteiger partial charge in [-0.15, -0.1) is 0 Å². The lowest BCUT2D eigenvalue weighted by atomic mass is 10.1. The minimum absolute atomic E-state index is 0.0326. The van der Waals surface area contributed by atoms with Crippen LogP contribution >= 0.6 is 0 Å². The zero-order valence-corrected chi connectivity index (χ0v) is 10.9. The first-order valence-electron chi connectivity index (χ1n) is 6.18. The van der Waals surface area contributed by atoms with Crippen LogP contribution in [0.2, 0.25) is 0 Å². The summed E-state index contributed by atoms with van der Waals surface area (Å²) in [5.74, 6) is -0.0705. The summed E-state index contributed by atoms with van der Waals surface area (Å²) < 4.78 is 1.31. The summed E-state index contributed by atoms with van der Waals surface area (Å²) in [7, 11) is 0. The minimum Gasteiger partial charge on any atom is -0.336 e. The molecule has 1 aromatic rings. The number of aromatic nitrogens is 2. The van der Waals surface area contributed by atoms with Crippen LogP contribution in [-0.2, 0) is 11.3 Å². The standard InChI is InChI=1S/C11H17N5O3/c1-8-9(2)15(4-3-12-8)11(17)7-14-6-10(5-13-14)16(18)19/h5-6,8-9,12H,3-4,7H2,1-2H3. The number of carbonyl (C=O) groups is 1. The summed E-state index contributed by atoms with van der Waals surface area (Å²) in [6.45, 7) is 5.46. The maximum atomic E-state index is 12.2. The lowest BCUT2D eigenvalue weighted by Crippen LogP contribution is -2.57. The first-order valence-corrected chi connectivity index (χ1v) is 6.18. The zero-order chi connectivity index (χ0) is 14.0. The van der Waals surface area contributed by atoms with Crippen molar-refractivity contribution in [2.24, 2.45) is 0 Å². The highest BCUT2D eigenvalue weighted by atomic mass is 16.6. The van der Waals surface area contributed by atoms with Crippen LogP contribution in [-0.4, -0.2) is 50.7 Å². The topological polar surface area (TPSA) is 93.3 Å². The Morgan fingerprint density at radius 2 is 2.37 bits per heavy atom. The van der Waals surface area contributed by atoms with Crippen LogP contribution in [0, 0.1) is 10.1 Å². The molecule has 2 atom stereocenters. The normalized spacial score (nSPS) is 23.4. The van der Waals surface area contributed by atoms with E-state index in [0.717, 1.165) is 12.7 Å². The molecule has 1 fully saturated rings. The molecule has 2 unspecified atom stereocenters. The van der Waals surface area contributed by atoms with Crippen LogP contribution < -0.4 is 5.32 Å². The molecule has 2 rings (SSSR count). The molecular formula is C11H17N5O3. The summed E-state index contributed by atoms with van der Waals surface area (Å²) in [5, 5.41) is 17.7. The SMILES string of the molecule is CC1NCCN(C(=O)Cn2cc([N+](=O)[O-])cn2)C1C. The van der Waals surface area contributed by atoms with E-state index in [4.69, 9.17) is 0 Å². The lowest BCUT2D eigenvalue weighted by molar-refractivity contribution is -0.385. The van der Waals surface area contributed by atoms with Gasteiger partial charge in [-0.05, 0) is 13.8 Å².